The van der Waals surface area contributed by atoms with Crippen molar-refractivity contribution in [1.82, 2.24) is 0 Å². The Morgan fingerprint density at radius 1 is 1.50 bits per heavy atom. The van der Waals surface area contributed by atoms with Crippen molar-refractivity contribution < 1.29 is 4.79 Å². The van der Waals surface area contributed by atoms with Crippen molar-refractivity contribution >= 4 is 6.29 Å². The molecule has 0 aromatic rings. The molecule has 5 nitrogen and oxygen atoms in total. The largest absolute Gasteiger partial charge is 0.303 e. The summed E-state index contributed by atoms with van der Waals surface area (Å²) in [6.07, 6.45) is 1.55. The Morgan fingerprint density at radius 2 is 2.08 bits per heavy atom. The van der Waals surface area contributed by atoms with E-state index < -0.39 is 5.54 Å². The van der Waals surface area contributed by atoms with Crippen molar-refractivity contribution in [2.24, 2.45) is 5.11 Å². The highest BCUT2D eigenvalue weighted by atomic mass is 16.1. The lowest BCUT2D eigenvalue weighted by Gasteiger charge is -2.08. The zero-order valence-electron chi connectivity index (χ0n) is 6.45. The Bertz CT molecular complexity index is 233. The van der Waals surface area contributed by atoms with Crippen molar-refractivity contribution in [2.45, 2.75) is 24.8 Å². The van der Waals surface area contributed by atoms with Crippen molar-refractivity contribution in [3.05, 3.63) is 0 Å². The summed E-state index contributed by atoms with van der Waals surface area (Å²) in [6.45, 7) is 0. The van der Waals surface area contributed by atoms with Gasteiger partial charge in [-0.15, -0.1) is 0 Å². The zero-order valence-corrected chi connectivity index (χ0v) is 6.45. The fraction of sp³-hybridized carbons (Fsp3) is 0.571. The number of rotatable bonds is 5. The molecule has 0 unspecified atom stereocenters. The third-order valence-electron chi connectivity index (χ3n) is 1.42. The first-order chi connectivity index (χ1) is 5.74. The summed E-state index contributed by atoms with van der Waals surface area (Å²) < 4.78 is 0. The normalized spacial score (nSPS) is 9.50. The van der Waals surface area contributed by atoms with Crippen molar-refractivity contribution in [3.63, 3.8) is 0 Å². The molecule has 0 aromatic heterocycles. The van der Waals surface area contributed by atoms with E-state index in [0.29, 0.717) is 19.1 Å². The van der Waals surface area contributed by atoms with E-state index in [9.17, 15) is 4.79 Å². The summed E-state index contributed by atoms with van der Waals surface area (Å²) in [7, 11) is 0. The van der Waals surface area contributed by atoms with Gasteiger partial charge in [0, 0.05) is 12.8 Å². The standard InChI is InChI=1S/C7H8N4O/c8-5-7(6-9,11-10)3-1-2-4-12/h4,10H,1-3H2. The minimum absolute atomic E-state index is 0.141. The molecule has 5 heteroatoms. The van der Waals surface area contributed by atoms with Gasteiger partial charge in [-0.25, -0.2) is 5.53 Å². The summed E-state index contributed by atoms with van der Waals surface area (Å²) >= 11 is 0. The van der Waals surface area contributed by atoms with Crippen LogP contribution in [0.2, 0.25) is 0 Å². The highest BCUT2D eigenvalue weighted by Crippen LogP contribution is 2.16. The van der Waals surface area contributed by atoms with Crippen LogP contribution in [0, 0.1) is 28.2 Å². The minimum atomic E-state index is -1.58. The smallest absolute Gasteiger partial charge is 0.251 e. The highest BCUT2D eigenvalue weighted by molar-refractivity contribution is 5.49. The molecular weight excluding hydrogens is 156 g/mol. The van der Waals surface area contributed by atoms with Gasteiger partial charge in [-0.3, -0.25) is 0 Å². The number of nitriles is 2. The van der Waals surface area contributed by atoms with Gasteiger partial charge in [0.2, 0.25) is 0 Å². The molecule has 0 spiro atoms. The monoisotopic (exact) mass is 164 g/mol. The van der Waals surface area contributed by atoms with Crippen LogP contribution in [0.5, 0.6) is 0 Å². The van der Waals surface area contributed by atoms with Gasteiger partial charge >= 0.3 is 0 Å². The second-order valence-corrected chi connectivity index (χ2v) is 2.25. The van der Waals surface area contributed by atoms with E-state index in [2.05, 4.69) is 5.11 Å². The van der Waals surface area contributed by atoms with Crippen LogP contribution < -0.4 is 0 Å². The van der Waals surface area contributed by atoms with E-state index in [1.54, 1.807) is 12.1 Å². The summed E-state index contributed by atoms with van der Waals surface area (Å²) in [4.78, 5) is 9.91. The SMILES string of the molecule is N#CC(C#N)(CCCC=O)N=N. The third kappa shape index (κ3) is 2.47. The van der Waals surface area contributed by atoms with Gasteiger partial charge in [0.25, 0.3) is 5.54 Å². The van der Waals surface area contributed by atoms with E-state index >= 15 is 0 Å². The van der Waals surface area contributed by atoms with Crippen LogP contribution in [0.3, 0.4) is 0 Å². The van der Waals surface area contributed by atoms with E-state index in [-0.39, 0.29) is 6.42 Å². The lowest BCUT2D eigenvalue weighted by molar-refractivity contribution is -0.107. The molecule has 12 heavy (non-hydrogen) atoms. The van der Waals surface area contributed by atoms with Crippen molar-refractivity contribution in [1.29, 1.82) is 16.1 Å². The first-order valence-electron chi connectivity index (χ1n) is 3.39. The van der Waals surface area contributed by atoms with Gasteiger partial charge in [0.15, 0.2) is 0 Å². The van der Waals surface area contributed by atoms with E-state index in [0.717, 1.165) is 0 Å². The van der Waals surface area contributed by atoms with Crippen molar-refractivity contribution in [2.75, 3.05) is 0 Å². The number of nitrogens with one attached hydrogen (secondary N) is 1. The molecule has 0 aliphatic rings. The average molecular weight is 164 g/mol. The third-order valence-corrected chi connectivity index (χ3v) is 1.42. The maximum absolute atomic E-state index is 9.91. The van der Waals surface area contributed by atoms with Gasteiger partial charge < -0.3 is 4.79 Å². The van der Waals surface area contributed by atoms with Gasteiger partial charge in [-0.05, 0) is 6.42 Å². The predicted octanol–water partition coefficient (Wildman–Crippen LogP) is 1.17. The van der Waals surface area contributed by atoms with E-state index in [1.165, 1.54) is 0 Å². The topological polar surface area (TPSA) is 101 Å². The number of carbonyl (C=O) groups excluding carboxylic acids is 1. The first-order valence-corrected chi connectivity index (χ1v) is 3.39. The maximum Gasteiger partial charge on any atom is 0.251 e. The van der Waals surface area contributed by atoms with Crippen LogP contribution in [-0.4, -0.2) is 11.8 Å². The summed E-state index contributed by atoms with van der Waals surface area (Å²) in [5, 5.41) is 19.9. The molecule has 0 rings (SSSR count). The predicted molar refractivity (Wildman–Crippen MR) is 39.0 cm³/mol. The second kappa shape index (κ2) is 4.97. The number of carbonyl (C=O) groups is 1. The maximum atomic E-state index is 9.91. The van der Waals surface area contributed by atoms with Crippen LogP contribution >= 0.6 is 0 Å². The first kappa shape index (κ1) is 10.2. The molecule has 0 aromatic carbocycles. The Labute approximate surface area is 70.1 Å². The molecule has 0 saturated heterocycles. The minimum Gasteiger partial charge on any atom is -0.303 e. The number of nitrogens with zero attached hydrogens (tertiary/aromatic N) is 3. The quantitative estimate of drug-likeness (QED) is 0.375. The van der Waals surface area contributed by atoms with Crippen LogP contribution in [-0.2, 0) is 4.79 Å². The van der Waals surface area contributed by atoms with Gasteiger partial charge in [-0.1, -0.05) is 0 Å². The van der Waals surface area contributed by atoms with Gasteiger partial charge in [0.05, 0.1) is 0 Å². The van der Waals surface area contributed by atoms with E-state index in [1.807, 2.05) is 0 Å². The molecule has 0 aliphatic carbocycles. The fourth-order valence-corrected chi connectivity index (χ4v) is 0.684. The molecule has 0 bridgehead atoms. The van der Waals surface area contributed by atoms with Crippen LogP contribution in [0.4, 0.5) is 0 Å². The number of hydrogen-bond donors (Lipinski definition) is 1. The highest BCUT2D eigenvalue weighted by Gasteiger charge is 2.28. The number of hydrogen-bond acceptors (Lipinski definition) is 5. The van der Waals surface area contributed by atoms with E-state index in [4.69, 9.17) is 16.1 Å². The van der Waals surface area contributed by atoms with Crippen molar-refractivity contribution in [3.8, 4) is 12.1 Å². The summed E-state index contributed by atoms with van der Waals surface area (Å²) in [5.74, 6) is 0. The summed E-state index contributed by atoms with van der Waals surface area (Å²) in [5.41, 5.74) is 5.05. The number of aldehydes is 1. The Kier molecular flexibility index (Phi) is 4.25. The number of unbranched alkanes of at least 4 members (excludes halogenated alkanes) is 1. The fourth-order valence-electron chi connectivity index (χ4n) is 0.684. The Morgan fingerprint density at radius 3 is 2.42 bits per heavy atom. The Hall–Kier alpha value is -1.75. The molecule has 0 amide bonds. The molecule has 0 atom stereocenters. The molecule has 0 saturated carbocycles. The lowest BCUT2D eigenvalue weighted by Crippen LogP contribution is -2.20. The van der Waals surface area contributed by atoms with Crippen LogP contribution in [0.25, 0.3) is 0 Å². The second-order valence-electron chi connectivity index (χ2n) is 2.25. The lowest BCUT2D eigenvalue weighted by atomic mass is 9.97. The van der Waals surface area contributed by atoms with Crippen LogP contribution in [0.1, 0.15) is 19.3 Å². The summed E-state index contributed by atoms with van der Waals surface area (Å²) in [6, 6.07) is 3.29. The van der Waals surface area contributed by atoms with Gasteiger partial charge in [-0.2, -0.15) is 15.6 Å². The molecule has 0 heterocycles. The average Bonchev–Trinajstić information content (AvgIpc) is 2.14. The molecule has 0 aliphatic heterocycles. The van der Waals surface area contributed by atoms with Crippen LogP contribution in [0.15, 0.2) is 5.11 Å². The molecule has 62 valence electrons. The Balaban J connectivity index is 4.17. The molecule has 0 radical (unpaired) electrons. The zero-order chi connectivity index (χ0) is 9.45. The molecular formula is C7H8N4O. The molecule has 1 N–H and O–H groups in total. The van der Waals surface area contributed by atoms with Gasteiger partial charge in [0.1, 0.15) is 18.4 Å². The molecule has 0 fully saturated rings.